The summed E-state index contributed by atoms with van der Waals surface area (Å²) < 4.78 is 25.7. The number of sulfonamides is 1. The molecular formula is C8H7N3O4S2. The molecular weight excluding hydrogens is 266 g/mol. The Morgan fingerprint density at radius 1 is 1.41 bits per heavy atom. The number of aromatic amines is 1. The predicted molar refractivity (Wildman–Crippen MR) is 60.7 cm³/mol. The zero-order valence-electron chi connectivity index (χ0n) is 8.25. The Kier molecular flexibility index (Phi) is 2.86. The van der Waals surface area contributed by atoms with E-state index >= 15 is 0 Å². The highest BCUT2D eigenvalue weighted by molar-refractivity contribution is 7.92. The molecule has 0 radical (unpaired) electrons. The lowest BCUT2D eigenvalue weighted by atomic mass is 10.5. The number of nitrogens with zero attached hydrogens (tertiary/aromatic N) is 1. The van der Waals surface area contributed by atoms with Crippen LogP contribution in [0, 0.1) is 0 Å². The lowest BCUT2D eigenvalue weighted by molar-refractivity contribution is 0.0702. The number of carboxylic acid groups (broad SMARTS) is 1. The Morgan fingerprint density at radius 3 is 2.71 bits per heavy atom. The Morgan fingerprint density at radius 2 is 2.18 bits per heavy atom. The quantitative estimate of drug-likeness (QED) is 0.768. The lowest BCUT2D eigenvalue weighted by Gasteiger charge is -2.02. The van der Waals surface area contributed by atoms with Crippen molar-refractivity contribution in [1.82, 2.24) is 10.2 Å². The van der Waals surface area contributed by atoms with Crippen molar-refractivity contribution in [2.75, 3.05) is 4.72 Å². The van der Waals surface area contributed by atoms with Crippen molar-refractivity contribution in [3.63, 3.8) is 0 Å². The van der Waals surface area contributed by atoms with Crippen molar-refractivity contribution in [2.24, 2.45) is 0 Å². The molecule has 2 aromatic heterocycles. The van der Waals surface area contributed by atoms with Gasteiger partial charge < -0.3 is 5.11 Å². The molecule has 0 saturated heterocycles. The molecule has 0 aliphatic heterocycles. The summed E-state index contributed by atoms with van der Waals surface area (Å²) in [7, 11) is -3.73. The highest BCUT2D eigenvalue weighted by Crippen LogP contribution is 2.24. The molecule has 0 bridgehead atoms. The molecule has 0 spiro atoms. The fourth-order valence-electron chi connectivity index (χ4n) is 1.09. The maximum Gasteiger partial charge on any atom is 0.345 e. The van der Waals surface area contributed by atoms with E-state index < -0.39 is 16.0 Å². The number of hydrogen-bond acceptors (Lipinski definition) is 5. The third-order valence-electron chi connectivity index (χ3n) is 1.82. The Labute approximate surface area is 100 Å². The number of thiophene rings is 1. The topological polar surface area (TPSA) is 112 Å². The number of anilines is 1. The minimum absolute atomic E-state index is 0.0623. The maximum absolute atomic E-state index is 11.7. The van der Waals surface area contributed by atoms with Gasteiger partial charge in [0, 0.05) is 0 Å². The van der Waals surface area contributed by atoms with Crippen molar-refractivity contribution in [3.8, 4) is 0 Å². The first kappa shape index (κ1) is 11.6. The van der Waals surface area contributed by atoms with Crippen LogP contribution in [0.5, 0.6) is 0 Å². The maximum atomic E-state index is 11.7. The number of aromatic carboxylic acids is 1. The number of rotatable bonds is 4. The van der Waals surface area contributed by atoms with E-state index in [4.69, 9.17) is 5.11 Å². The van der Waals surface area contributed by atoms with Crippen molar-refractivity contribution >= 4 is 32.3 Å². The van der Waals surface area contributed by atoms with Gasteiger partial charge in [-0.2, -0.15) is 13.5 Å². The van der Waals surface area contributed by atoms with Gasteiger partial charge in [0.15, 0.2) is 5.03 Å². The molecule has 2 aromatic rings. The molecule has 2 rings (SSSR count). The molecule has 0 fully saturated rings. The van der Waals surface area contributed by atoms with Crippen LogP contribution in [0.25, 0.3) is 0 Å². The van der Waals surface area contributed by atoms with Gasteiger partial charge in [0.05, 0.1) is 6.20 Å². The van der Waals surface area contributed by atoms with Crippen molar-refractivity contribution < 1.29 is 18.3 Å². The van der Waals surface area contributed by atoms with Crippen molar-refractivity contribution in [2.45, 2.75) is 5.03 Å². The third kappa shape index (κ3) is 2.45. The summed E-state index contributed by atoms with van der Waals surface area (Å²) in [4.78, 5) is 10.7. The van der Waals surface area contributed by atoms with E-state index in [9.17, 15) is 13.2 Å². The molecule has 3 N–H and O–H groups in total. The van der Waals surface area contributed by atoms with Crippen LogP contribution in [0.15, 0.2) is 29.4 Å². The van der Waals surface area contributed by atoms with E-state index in [0.717, 1.165) is 11.3 Å². The van der Waals surface area contributed by atoms with Crippen LogP contribution in [0.2, 0.25) is 0 Å². The Hall–Kier alpha value is -1.87. The van der Waals surface area contributed by atoms with Gasteiger partial charge in [-0.05, 0) is 18.2 Å². The van der Waals surface area contributed by atoms with E-state index in [2.05, 4.69) is 14.9 Å². The lowest BCUT2D eigenvalue weighted by Crippen LogP contribution is -2.12. The number of hydrogen-bond donors (Lipinski definition) is 3. The molecule has 0 aromatic carbocycles. The minimum Gasteiger partial charge on any atom is -0.477 e. The average Bonchev–Trinajstić information content (AvgIpc) is 2.85. The highest BCUT2D eigenvalue weighted by atomic mass is 32.2. The summed E-state index contributed by atoms with van der Waals surface area (Å²) in [5, 5.41) is 14.7. The second kappa shape index (κ2) is 4.18. The second-order valence-electron chi connectivity index (χ2n) is 3.00. The Bertz CT molecular complexity index is 630. The van der Waals surface area contributed by atoms with E-state index in [1.54, 1.807) is 0 Å². The van der Waals surface area contributed by atoms with Gasteiger partial charge >= 0.3 is 5.97 Å². The van der Waals surface area contributed by atoms with Crippen LogP contribution in [0.1, 0.15) is 9.67 Å². The monoisotopic (exact) mass is 273 g/mol. The van der Waals surface area contributed by atoms with Crippen molar-refractivity contribution in [1.29, 1.82) is 0 Å². The fourth-order valence-corrected chi connectivity index (χ4v) is 3.04. The second-order valence-corrected chi connectivity index (χ2v) is 5.73. The van der Waals surface area contributed by atoms with E-state index in [-0.39, 0.29) is 14.9 Å². The molecule has 2 heterocycles. The number of carbonyl (C=O) groups is 1. The van der Waals surface area contributed by atoms with Gasteiger partial charge in [-0.3, -0.25) is 9.82 Å². The molecule has 0 saturated carbocycles. The number of H-pyrrole nitrogens is 1. The zero-order valence-corrected chi connectivity index (χ0v) is 9.88. The van der Waals surface area contributed by atoms with Gasteiger partial charge in [0.2, 0.25) is 0 Å². The van der Waals surface area contributed by atoms with E-state index in [1.165, 1.54) is 24.4 Å². The Balaban J connectivity index is 2.24. The fraction of sp³-hybridized carbons (Fsp3) is 0. The molecule has 0 atom stereocenters. The van der Waals surface area contributed by atoms with Crippen LogP contribution in [0.3, 0.4) is 0 Å². The van der Waals surface area contributed by atoms with E-state index in [0.29, 0.717) is 0 Å². The van der Waals surface area contributed by atoms with Crippen LogP contribution in [-0.4, -0.2) is 29.7 Å². The summed E-state index contributed by atoms with van der Waals surface area (Å²) in [5.41, 5.74) is 0. The summed E-state index contributed by atoms with van der Waals surface area (Å²) in [6.07, 6.45) is 1.31. The van der Waals surface area contributed by atoms with E-state index in [1.807, 2.05) is 0 Å². The summed E-state index contributed by atoms with van der Waals surface area (Å²) >= 11 is 0.841. The van der Waals surface area contributed by atoms with Crippen LogP contribution in [0.4, 0.5) is 5.00 Å². The standard InChI is InChI=1S/C8H7N3O4S2/c12-8(13)5-1-2-6(16-5)11-17(14,15)7-3-4-9-10-7/h1-4,11H,(H,9,10)(H,12,13). The number of nitrogens with one attached hydrogen (secondary N) is 2. The van der Waals surface area contributed by atoms with Crippen LogP contribution < -0.4 is 4.72 Å². The summed E-state index contributed by atoms with van der Waals surface area (Å²) in [6, 6.07) is 4.02. The van der Waals surface area contributed by atoms with Crippen LogP contribution >= 0.6 is 11.3 Å². The van der Waals surface area contributed by atoms with Crippen molar-refractivity contribution in [3.05, 3.63) is 29.3 Å². The SMILES string of the molecule is O=C(O)c1ccc(NS(=O)(=O)c2ccn[nH]2)s1. The number of aromatic nitrogens is 2. The van der Waals surface area contributed by atoms with Gasteiger partial charge in [-0.1, -0.05) is 0 Å². The smallest absolute Gasteiger partial charge is 0.345 e. The van der Waals surface area contributed by atoms with Gasteiger partial charge in [-0.25, -0.2) is 4.79 Å². The number of carboxylic acids is 1. The van der Waals surface area contributed by atoms with Crippen LogP contribution in [-0.2, 0) is 10.0 Å². The zero-order chi connectivity index (χ0) is 12.5. The largest absolute Gasteiger partial charge is 0.477 e. The minimum atomic E-state index is -3.73. The molecule has 7 nitrogen and oxygen atoms in total. The third-order valence-corrected chi connectivity index (χ3v) is 4.23. The van der Waals surface area contributed by atoms with Gasteiger partial charge in [0.1, 0.15) is 9.88 Å². The molecule has 0 aliphatic carbocycles. The first-order chi connectivity index (χ1) is 7.99. The molecule has 0 aliphatic rings. The molecule has 90 valence electrons. The molecule has 17 heavy (non-hydrogen) atoms. The predicted octanol–water partition coefficient (Wildman–Crippen LogP) is 0.970. The van der Waals surface area contributed by atoms with Gasteiger partial charge in [0.25, 0.3) is 10.0 Å². The molecule has 9 heteroatoms. The summed E-state index contributed by atoms with van der Waals surface area (Å²) in [6.45, 7) is 0. The molecule has 0 amide bonds. The summed E-state index contributed by atoms with van der Waals surface area (Å²) in [5.74, 6) is -1.10. The first-order valence-corrected chi connectivity index (χ1v) is 6.64. The first-order valence-electron chi connectivity index (χ1n) is 4.34. The molecule has 0 unspecified atom stereocenters. The normalized spacial score (nSPS) is 11.3. The van der Waals surface area contributed by atoms with Gasteiger partial charge in [-0.15, -0.1) is 11.3 Å². The average molecular weight is 273 g/mol. The highest BCUT2D eigenvalue weighted by Gasteiger charge is 2.17.